The maximum Gasteiger partial charge on any atom is 0.134 e. The lowest BCUT2D eigenvalue weighted by atomic mass is 9.86. The van der Waals surface area contributed by atoms with Crippen LogP contribution in [-0.2, 0) is 0 Å². The van der Waals surface area contributed by atoms with Crippen molar-refractivity contribution in [3.05, 3.63) is 16.3 Å². The molecule has 0 amide bonds. The second-order valence-electron chi connectivity index (χ2n) is 4.44. The molecule has 0 aliphatic carbocycles. The monoisotopic (exact) mass is 213 g/mol. The van der Waals surface area contributed by atoms with Gasteiger partial charge >= 0.3 is 0 Å². The third-order valence-electron chi connectivity index (χ3n) is 2.29. The van der Waals surface area contributed by atoms with E-state index in [4.69, 9.17) is 4.74 Å². The minimum absolute atomic E-state index is 0.201. The van der Waals surface area contributed by atoms with Crippen molar-refractivity contribution in [2.24, 2.45) is 5.41 Å². The van der Waals surface area contributed by atoms with E-state index >= 15 is 0 Å². The minimum atomic E-state index is 0.201. The number of rotatable bonds is 3. The molecule has 0 saturated carbocycles. The van der Waals surface area contributed by atoms with Crippen LogP contribution < -0.4 is 10.1 Å². The Labute approximate surface area is 90.3 Å². The van der Waals surface area contributed by atoms with Crippen LogP contribution in [0.5, 0.6) is 5.75 Å². The maximum atomic E-state index is 5.33. The molecule has 80 valence electrons. The Morgan fingerprint density at radius 2 is 2.07 bits per heavy atom. The molecule has 0 aliphatic rings. The van der Waals surface area contributed by atoms with Crippen LogP contribution in [0.2, 0.25) is 0 Å². The lowest BCUT2D eigenvalue weighted by Gasteiger charge is -2.30. The van der Waals surface area contributed by atoms with Crippen LogP contribution in [0, 0.1) is 5.41 Å². The van der Waals surface area contributed by atoms with Gasteiger partial charge in [0, 0.05) is 6.04 Å². The average molecular weight is 213 g/mol. The van der Waals surface area contributed by atoms with E-state index in [-0.39, 0.29) is 5.41 Å². The summed E-state index contributed by atoms with van der Waals surface area (Å²) in [6.45, 7) is 6.69. The SMILES string of the molecule is CNC(c1sccc1OC)C(C)(C)C. The third-order valence-corrected chi connectivity index (χ3v) is 3.26. The zero-order valence-electron chi connectivity index (χ0n) is 9.55. The summed E-state index contributed by atoms with van der Waals surface area (Å²) in [6, 6.07) is 2.37. The van der Waals surface area contributed by atoms with Gasteiger partial charge in [0.1, 0.15) is 5.75 Å². The van der Waals surface area contributed by atoms with Crippen molar-refractivity contribution in [1.29, 1.82) is 0 Å². The average Bonchev–Trinajstić information content (AvgIpc) is 2.51. The van der Waals surface area contributed by atoms with Gasteiger partial charge in [-0.3, -0.25) is 0 Å². The summed E-state index contributed by atoms with van der Waals surface area (Å²) in [5.41, 5.74) is 0.201. The van der Waals surface area contributed by atoms with E-state index in [1.54, 1.807) is 18.4 Å². The molecule has 3 heteroatoms. The Balaban J connectivity index is 3.01. The van der Waals surface area contributed by atoms with Gasteiger partial charge in [-0.1, -0.05) is 20.8 Å². The second-order valence-corrected chi connectivity index (χ2v) is 5.39. The molecule has 0 aliphatic heterocycles. The molecule has 0 bridgehead atoms. The fourth-order valence-corrected chi connectivity index (χ4v) is 2.86. The van der Waals surface area contributed by atoms with Gasteiger partial charge in [0.15, 0.2) is 0 Å². The molecule has 0 saturated heterocycles. The van der Waals surface area contributed by atoms with E-state index in [0.29, 0.717) is 6.04 Å². The van der Waals surface area contributed by atoms with Gasteiger partial charge in [0.25, 0.3) is 0 Å². The van der Waals surface area contributed by atoms with Crippen molar-refractivity contribution in [2.75, 3.05) is 14.2 Å². The summed E-state index contributed by atoms with van der Waals surface area (Å²) >= 11 is 1.75. The van der Waals surface area contributed by atoms with Gasteiger partial charge in [0.2, 0.25) is 0 Å². The van der Waals surface area contributed by atoms with Crippen LogP contribution in [0.3, 0.4) is 0 Å². The van der Waals surface area contributed by atoms with E-state index in [1.807, 2.05) is 13.1 Å². The molecule has 1 aromatic heterocycles. The first-order valence-electron chi connectivity index (χ1n) is 4.79. The molecule has 0 radical (unpaired) electrons. The molecule has 1 atom stereocenters. The summed E-state index contributed by atoms with van der Waals surface area (Å²) in [5.74, 6) is 0.990. The molecule has 1 N–H and O–H groups in total. The zero-order valence-corrected chi connectivity index (χ0v) is 10.4. The second kappa shape index (κ2) is 4.32. The molecule has 1 aromatic rings. The van der Waals surface area contributed by atoms with Gasteiger partial charge in [-0.2, -0.15) is 0 Å². The summed E-state index contributed by atoms with van der Waals surface area (Å²) in [5, 5.41) is 5.42. The zero-order chi connectivity index (χ0) is 10.8. The highest BCUT2D eigenvalue weighted by Gasteiger charge is 2.28. The lowest BCUT2D eigenvalue weighted by Crippen LogP contribution is -2.29. The highest BCUT2D eigenvalue weighted by molar-refractivity contribution is 7.10. The van der Waals surface area contributed by atoms with E-state index in [1.165, 1.54) is 4.88 Å². The predicted molar refractivity (Wildman–Crippen MR) is 62.1 cm³/mol. The maximum absolute atomic E-state index is 5.33. The quantitative estimate of drug-likeness (QED) is 0.833. The van der Waals surface area contributed by atoms with Crippen LogP contribution in [0.25, 0.3) is 0 Å². The first-order chi connectivity index (χ1) is 6.50. The van der Waals surface area contributed by atoms with Crippen LogP contribution in [-0.4, -0.2) is 14.2 Å². The number of hydrogen-bond donors (Lipinski definition) is 1. The van der Waals surface area contributed by atoms with E-state index in [2.05, 4.69) is 31.5 Å². The summed E-state index contributed by atoms with van der Waals surface area (Å²) in [7, 11) is 3.72. The van der Waals surface area contributed by atoms with E-state index in [9.17, 15) is 0 Å². The fraction of sp³-hybridized carbons (Fsp3) is 0.636. The fourth-order valence-electron chi connectivity index (χ4n) is 1.65. The Morgan fingerprint density at radius 1 is 1.43 bits per heavy atom. The third kappa shape index (κ3) is 2.28. The molecule has 2 nitrogen and oxygen atoms in total. The van der Waals surface area contributed by atoms with Crippen molar-refractivity contribution in [3.8, 4) is 5.75 Å². The smallest absolute Gasteiger partial charge is 0.134 e. The number of ether oxygens (including phenoxy) is 1. The molecular formula is C11H19NOS. The van der Waals surface area contributed by atoms with Crippen LogP contribution in [0.4, 0.5) is 0 Å². The van der Waals surface area contributed by atoms with E-state index < -0.39 is 0 Å². The van der Waals surface area contributed by atoms with Gasteiger partial charge in [0.05, 0.1) is 12.0 Å². The molecule has 0 fully saturated rings. The molecule has 0 spiro atoms. The molecule has 0 aromatic carbocycles. The van der Waals surface area contributed by atoms with Crippen molar-refractivity contribution < 1.29 is 4.74 Å². The van der Waals surface area contributed by atoms with Crippen molar-refractivity contribution in [1.82, 2.24) is 5.32 Å². The molecule has 1 rings (SSSR count). The number of methoxy groups -OCH3 is 1. The Bertz CT molecular complexity index is 288. The first kappa shape index (κ1) is 11.5. The van der Waals surface area contributed by atoms with Crippen LogP contribution in [0.1, 0.15) is 31.7 Å². The normalized spacial score (nSPS) is 14.1. The highest BCUT2D eigenvalue weighted by Crippen LogP contribution is 2.40. The topological polar surface area (TPSA) is 21.3 Å². The van der Waals surface area contributed by atoms with Gasteiger partial charge < -0.3 is 10.1 Å². The lowest BCUT2D eigenvalue weighted by molar-refractivity contribution is 0.282. The van der Waals surface area contributed by atoms with Crippen LogP contribution in [0.15, 0.2) is 11.4 Å². The van der Waals surface area contributed by atoms with Gasteiger partial charge in [-0.05, 0) is 23.9 Å². The molecule has 14 heavy (non-hydrogen) atoms. The largest absolute Gasteiger partial charge is 0.496 e. The molecule has 1 heterocycles. The van der Waals surface area contributed by atoms with Crippen molar-refractivity contribution >= 4 is 11.3 Å². The van der Waals surface area contributed by atoms with Crippen LogP contribution >= 0.6 is 11.3 Å². The number of hydrogen-bond acceptors (Lipinski definition) is 3. The molecule has 1 unspecified atom stereocenters. The Kier molecular flexibility index (Phi) is 3.56. The number of thiophene rings is 1. The molecular weight excluding hydrogens is 194 g/mol. The first-order valence-corrected chi connectivity index (χ1v) is 5.67. The summed E-state index contributed by atoms with van der Waals surface area (Å²) < 4.78 is 5.33. The number of nitrogens with one attached hydrogen (secondary N) is 1. The van der Waals surface area contributed by atoms with Crippen molar-refractivity contribution in [3.63, 3.8) is 0 Å². The van der Waals surface area contributed by atoms with E-state index in [0.717, 1.165) is 5.75 Å². The summed E-state index contributed by atoms with van der Waals surface area (Å²) in [4.78, 5) is 1.28. The Hall–Kier alpha value is -0.540. The standard InChI is InChI=1S/C11H19NOS/c1-11(2,3)10(12-4)9-8(13-5)6-7-14-9/h6-7,10,12H,1-5H3. The summed E-state index contributed by atoms with van der Waals surface area (Å²) in [6.07, 6.45) is 0. The van der Waals surface area contributed by atoms with Gasteiger partial charge in [-0.25, -0.2) is 0 Å². The van der Waals surface area contributed by atoms with Gasteiger partial charge in [-0.15, -0.1) is 11.3 Å². The minimum Gasteiger partial charge on any atom is -0.496 e. The Morgan fingerprint density at radius 3 is 2.50 bits per heavy atom. The highest BCUT2D eigenvalue weighted by atomic mass is 32.1. The van der Waals surface area contributed by atoms with Crippen molar-refractivity contribution in [2.45, 2.75) is 26.8 Å². The predicted octanol–water partition coefficient (Wildman–Crippen LogP) is 3.06.